The molecule has 1 aliphatic rings. The van der Waals surface area contributed by atoms with Crippen LogP contribution in [0.2, 0.25) is 0 Å². The van der Waals surface area contributed by atoms with Gasteiger partial charge < -0.3 is 14.8 Å². The van der Waals surface area contributed by atoms with Crippen LogP contribution in [0.15, 0.2) is 36.7 Å². The normalized spacial score (nSPS) is 16.0. The number of rotatable bonds is 6. The Morgan fingerprint density at radius 3 is 2.50 bits per heavy atom. The number of nitrogens with zero attached hydrogens (tertiary/aromatic N) is 3. The first-order valence-electron chi connectivity index (χ1n) is 9.80. The van der Waals surface area contributed by atoms with Gasteiger partial charge in [-0.1, -0.05) is 19.1 Å². The lowest BCUT2D eigenvalue weighted by Crippen LogP contribution is -2.44. The second-order valence-electron chi connectivity index (χ2n) is 7.29. The lowest BCUT2D eigenvalue weighted by molar-refractivity contribution is -0.135. The van der Waals surface area contributed by atoms with Crippen molar-refractivity contribution in [3.8, 4) is 0 Å². The zero-order valence-corrected chi connectivity index (χ0v) is 16.4. The van der Waals surface area contributed by atoms with E-state index < -0.39 is 6.04 Å². The summed E-state index contributed by atoms with van der Waals surface area (Å²) in [6, 6.07) is 5.65. The van der Waals surface area contributed by atoms with Crippen molar-refractivity contribution in [1.29, 1.82) is 0 Å². The maximum atomic E-state index is 13.3. The van der Waals surface area contributed by atoms with Gasteiger partial charge >= 0.3 is 0 Å². The summed E-state index contributed by atoms with van der Waals surface area (Å²) < 4.78 is 15.2. The first-order chi connectivity index (χ1) is 13.5. The molecule has 1 saturated heterocycles. The number of amides is 2. The number of halogens is 1. The number of hydrogen-bond acceptors (Lipinski definition) is 3. The Hall–Kier alpha value is -2.70. The highest BCUT2D eigenvalue weighted by atomic mass is 19.1. The van der Waals surface area contributed by atoms with Gasteiger partial charge in [0.1, 0.15) is 17.7 Å². The molecule has 1 N–H and O–H groups in total. The Bertz CT molecular complexity index is 810. The Morgan fingerprint density at radius 1 is 1.25 bits per heavy atom. The number of benzene rings is 1. The molecule has 0 bridgehead atoms. The maximum Gasteiger partial charge on any atom is 0.224 e. The Balaban J connectivity index is 1.69. The molecule has 2 amide bonds. The molecule has 28 heavy (non-hydrogen) atoms. The molecular formula is C21H27FN4O2. The summed E-state index contributed by atoms with van der Waals surface area (Å²) in [4.78, 5) is 31.2. The Kier molecular flexibility index (Phi) is 6.44. The average Bonchev–Trinajstić information content (AvgIpc) is 3.12. The van der Waals surface area contributed by atoms with Crippen LogP contribution in [0.4, 0.5) is 4.39 Å². The van der Waals surface area contributed by atoms with Gasteiger partial charge in [-0.05, 0) is 37.0 Å². The van der Waals surface area contributed by atoms with Crippen LogP contribution in [0.5, 0.6) is 0 Å². The molecule has 1 aromatic carbocycles. The summed E-state index contributed by atoms with van der Waals surface area (Å²) in [5.41, 5.74) is 0.777. The van der Waals surface area contributed by atoms with E-state index in [-0.39, 0.29) is 23.5 Å². The van der Waals surface area contributed by atoms with Crippen molar-refractivity contribution in [2.24, 2.45) is 13.0 Å². The minimum atomic E-state index is -0.451. The fraction of sp³-hybridized carbons (Fsp3) is 0.476. The third-order valence-corrected chi connectivity index (χ3v) is 5.29. The van der Waals surface area contributed by atoms with E-state index in [0.717, 1.165) is 12.0 Å². The van der Waals surface area contributed by atoms with Crippen LogP contribution in [0.3, 0.4) is 0 Å². The molecule has 1 aromatic heterocycles. The van der Waals surface area contributed by atoms with E-state index in [1.165, 1.54) is 12.1 Å². The number of aromatic nitrogens is 2. The zero-order chi connectivity index (χ0) is 20.1. The highest BCUT2D eigenvalue weighted by molar-refractivity contribution is 5.80. The molecule has 1 unspecified atom stereocenters. The quantitative estimate of drug-likeness (QED) is 0.830. The zero-order valence-electron chi connectivity index (χ0n) is 16.4. The molecule has 1 fully saturated rings. The molecule has 0 aliphatic carbocycles. The number of hydrogen-bond donors (Lipinski definition) is 1. The second kappa shape index (κ2) is 8.99. The number of nitrogens with one attached hydrogen (secondary N) is 1. The minimum absolute atomic E-state index is 0.0556. The third kappa shape index (κ3) is 4.58. The number of aryl methyl sites for hydroxylation is 1. The number of carbonyl (C=O) groups excluding carboxylic acids is 2. The molecule has 6 nitrogen and oxygen atoms in total. The van der Waals surface area contributed by atoms with Gasteiger partial charge in [-0.3, -0.25) is 9.59 Å². The van der Waals surface area contributed by atoms with Crippen molar-refractivity contribution in [1.82, 2.24) is 19.8 Å². The van der Waals surface area contributed by atoms with E-state index in [2.05, 4.69) is 10.3 Å². The fourth-order valence-electron chi connectivity index (χ4n) is 3.63. The number of carbonyl (C=O) groups is 2. The van der Waals surface area contributed by atoms with Crippen LogP contribution >= 0.6 is 0 Å². The minimum Gasteiger partial charge on any atom is -0.343 e. The van der Waals surface area contributed by atoms with E-state index in [4.69, 9.17) is 0 Å². The van der Waals surface area contributed by atoms with Crippen LogP contribution in [-0.2, 0) is 16.6 Å². The third-order valence-electron chi connectivity index (χ3n) is 5.29. The summed E-state index contributed by atoms with van der Waals surface area (Å²) in [7, 11) is 1.86. The molecule has 150 valence electrons. The topological polar surface area (TPSA) is 67.2 Å². The first-order valence-corrected chi connectivity index (χ1v) is 9.80. The van der Waals surface area contributed by atoms with E-state index in [1.54, 1.807) is 18.3 Å². The highest BCUT2D eigenvalue weighted by Crippen LogP contribution is 2.24. The predicted octanol–water partition coefficient (Wildman–Crippen LogP) is 2.80. The molecule has 2 aromatic rings. The van der Waals surface area contributed by atoms with Crippen LogP contribution in [-0.4, -0.2) is 39.4 Å². The lowest BCUT2D eigenvalue weighted by Gasteiger charge is -2.32. The second-order valence-corrected chi connectivity index (χ2v) is 7.29. The standard InChI is InChI=1S/C21H27FN4O2/c1-3-4-18(27)26-12-9-16(10-13-26)21(28)24-19(20-23-11-14-25(20)2)15-5-7-17(22)8-6-15/h5-8,11,14,16,19H,3-4,9-10,12-13H2,1-2H3,(H,24,28). The van der Waals surface area contributed by atoms with Gasteiger partial charge in [0.15, 0.2) is 0 Å². The molecule has 7 heteroatoms. The molecule has 0 saturated carbocycles. The van der Waals surface area contributed by atoms with Gasteiger partial charge in [-0.2, -0.15) is 0 Å². The Labute approximate surface area is 164 Å². The van der Waals surface area contributed by atoms with Crippen molar-refractivity contribution < 1.29 is 14.0 Å². The predicted molar refractivity (Wildman–Crippen MR) is 104 cm³/mol. The number of piperidine rings is 1. The summed E-state index contributed by atoms with van der Waals surface area (Å²) >= 11 is 0. The highest BCUT2D eigenvalue weighted by Gasteiger charge is 2.29. The molecule has 1 aliphatic heterocycles. The van der Waals surface area contributed by atoms with Gasteiger partial charge in [-0.25, -0.2) is 9.37 Å². The number of imidazole rings is 1. The smallest absolute Gasteiger partial charge is 0.224 e. The van der Waals surface area contributed by atoms with Crippen molar-refractivity contribution in [2.45, 2.75) is 38.6 Å². The van der Waals surface area contributed by atoms with Gasteiger partial charge in [-0.15, -0.1) is 0 Å². The molecule has 2 heterocycles. The Morgan fingerprint density at radius 2 is 1.93 bits per heavy atom. The lowest BCUT2D eigenvalue weighted by atomic mass is 9.94. The van der Waals surface area contributed by atoms with Crippen molar-refractivity contribution in [2.75, 3.05) is 13.1 Å². The van der Waals surface area contributed by atoms with Gasteiger partial charge in [0, 0.05) is 44.9 Å². The van der Waals surface area contributed by atoms with E-state index in [0.29, 0.717) is 38.2 Å². The summed E-state index contributed by atoms with van der Waals surface area (Å²) in [5, 5.41) is 3.09. The van der Waals surface area contributed by atoms with Gasteiger partial charge in [0.25, 0.3) is 0 Å². The average molecular weight is 386 g/mol. The van der Waals surface area contributed by atoms with Crippen LogP contribution in [0, 0.1) is 11.7 Å². The number of likely N-dealkylation sites (tertiary alicyclic amines) is 1. The van der Waals surface area contributed by atoms with Gasteiger partial charge in [0.05, 0.1) is 0 Å². The van der Waals surface area contributed by atoms with Crippen molar-refractivity contribution >= 4 is 11.8 Å². The van der Waals surface area contributed by atoms with E-state index in [1.807, 2.05) is 29.6 Å². The fourth-order valence-corrected chi connectivity index (χ4v) is 3.63. The summed E-state index contributed by atoms with van der Waals surface area (Å²) in [6.45, 7) is 3.21. The summed E-state index contributed by atoms with van der Waals surface area (Å²) in [5.74, 6) is 0.334. The van der Waals surface area contributed by atoms with E-state index in [9.17, 15) is 14.0 Å². The van der Waals surface area contributed by atoms with Crippen molar-refractivity contribution in [3.05, 3.63) is 53.9 Å². The largest absolute Gasteiger partial charge is 0.343 e. The van der Waals surface area contributed by atoms with Gasteiger partial charge in [0.2, 0.25) is 11.8 Å². The van der Waals surface area contributed by atoms with Crippen molar-refractivity contribution in [3.63, 3.8) is 0 Å². The SMILES string of the molecule is CCCC(=O)N1CCC(C(=O)NC(c2ccc(F)cc2)c2nccn2C)CC1. The van der Waals surface area contributed by atoms with Crippen LogP contribution < -0.4 is 5.32 Å². The van der Waals surface area contributed by atoms with Crippen LogP contribution in [0.1, 0.15) is 50.0 Å². The summed E-state index contributed by atoms with van der Waals surface area (Å²) in [6.07, 6.45) is 6.19. The molecular weight excluding hydrogens is 359 g/mol. The van der Waals surface area contributed by atoms with E-state index >= 15 is 0 Å². The first kappa shape index (κ1) is 20.0. The molecule has 1 atom stereocenters. The molecule has 3 rings (SSSR count). The van der Waals surface area contributed by atoms with Crippen LogP contribution in [0.25, 0.3) is 0 Å². The molecule has 0 radical (unpaired) electrons. The monoisotopic (exact) mass is 386 g/mol. The maximum absolute atomic E-state index is 13.3. The molecule has 0 spiro atoms.